The number of ether oxygens (including phenoxy) is 3. The number of hydrogen-bond acceptors (Lipinski definition) is 5. The van der Waals surface area contributed by atoms with Crippen LogP contribution < -0.4 is 9.47 Å². The van der Waals surface area contributed by atoms with Crippen molar-refractivity contribution in [2.24, 2.45) is 11.3 Å². The maximum atomic E-state index is 12.9. The van der Waals surface area contributed by atoms with Crippen LogP contribution >= 0.6 is 0 Å². The highest BCUT2D eigenvalue weighted by Crippen LogP contribution is 2.45. The van der Waals surface area contributed by atoms with E-state index in [1.807, 2.05) is 42.5 Å². The molecule has 0 saturated carbocycles. The van der Waals surface area contributed by atoms with Crippen molar-refractivity contribution in [2.45, 2.75) is 156 Å². The molecular formula is C42H64O5. The Bertz CT molecular complexity index is 1220. The zero-order chi connectivity index (χ0) is 34.3. The van der Waals surface area contributed by atoms with Gasteiger partial charge in [0.25, 0.3) is 0 Å². The molecule has 262 valence electrons. The Kier molecular flexibility index (Phi) is 15.8. The zero-order valence-corrected chi connectivity index (χ0v) is 30.8. The molecule has 1 aliphatic heterocycles. The van der Waals surface area contributed by atoms with E-state index >= 15 is 0 Å². The predicted octanol–water partition coefficient (Wildman–Crippen LogP) is 11.5. The van der Waals surface area contributed by atoms with Crippen LogP contribution in [-0.4, -0.2) is 25.2 Å². The third-order valence-electron chi connectivity index (χ3n) is 9.75. The SMILES string of the molecule is CCCCCCCCCCCCCC(CCCC(=O)OCCOc1ccc(C2C(=O)Oc3c2cccc3C(C)(C)C)cc1)C(C)(C)C. The number of esters is 2. The van der Waals surface area contributed by atoms with E-state index < -0.39 is 5.92 Å². The number of benzene rings is 2. The van der Waals surface area contributed by atoms with E-state index in [-0.39, 0.29) is 36.0 Å². The second-order valence-electron chi connectivity index (χ2n) is 15.7. The first-order valence-electron chi connectivity index (χ1n) is 18.6. The number of fused-ring (bicyclic) bond motifs is 1. The summed E-state index contributed by atoms with van der Waals surface area (Å²) in [6.07, 6.45) is 18.7. The summed E-state index contributed by atoms with van der Waals surface area (Å²) in [5.41, 5.74) is 2.95. The molecule has 0 aliphatic carbocycles. The van der Waals surface area contributed by atoms with E-state index in [0.29, 0.717) is 23.8 Å². The quantitative estimate of drug-likeness (QED) is 0.0766. The molecule has 2 aromatic rings. The normalized spacial score (nSPS) is 15.3. The summed E-state index contributed by atoms with van der Waals surface area (Å²) < 4.78 is 17.1. The highest BCUT2D eigenvalue weighted by molar-refractivity contribution is 5.90. The second kappa shape index (κ2) is 19.2. The number of carbonyl (C=O) groups is 2. The average Bonchev–Trinajstić information content (AvgIpc) is 3.36. The molecule has 0 spiro atoms. The largest absolute Gasteiger partial charge is 0.490 e. The lowest BCUT2D eigenvalue weighted by Gasteiger charge is -2.31. The third-order valence-corrected chi connectivity index (χ3v) is 9.75. The molecule has 1 heterocycles. The Morgan fingerprint density at radius 3 is 1.96 bits per heavy atom. The van der Waals surface area contributed by atoms with Crippen LogP contribution in [0.1, 0.15) is 167 Å². The lowest BCUT2D eigenvalue weighted by atomic mass is 9.75. The van der Waals surface area contributed by atoms with E-state index in [9.17, 15) is 9.59 Å². The summed E-state index contributed by atoms with van der Waals surface area (Å²) in [5, 5.41) is 0. The lowest BCUT2D eigenvalue weighted by Crippen LogP contribution is -2.21. The van der Waals surface area contributed by atoms with Crippen LogP contribution in [0, 0.1) is 11.3 Å². The highest BCUT2D eigenvalue weighted by Gasteiger charge is 2.37. The topological polar surface area (TPSA) is 61.8 Å². The molecule has 0 N–H and O–H groups in total. The van der Waals surface area contributed by atoms with Gasteiger partial charge in [-0.1, -0.05) is 149 Å². The van der Waals surface area contributed by atoms with Gasteiger partial charge < -0.3 is 14.2 Å². The fraction of sp³-hybridized carbons (Fsp3) is 0.667. The van der Waals surface area contributed by atoms with Gasteiger partial charge in [-0.15, -0.1) is 0 Å². The van der Waals surface area contributed by atoms with Gasteiger partial charge in [0.15, 0.2) is 0 Å². The van der Waals surface area contributed by atoms with Crippen molar-refractivity contribution in [3.05, 3.63) is 59.2 Å². The maximum absolute atomic E-state index is 12.9. The zero-order valence-electron chi connectivity index (χ0n) is 30.8. The van der Waals surface area contributed by atoms with Crippen molar-refractivity contribution in [1.29, 1.82) is 0 Å². The van der Waals surface area contributed by atoms with Crippen LogP contribution in [0.5, 0.6) is 11.5 Å². The molecule has 47 heavy (non-hydrogen) atoms. The Morgan fingerprint density at radius 2 is 1.36 bits per heavy atom. The van der Waals surface area contributed by atoms with Gasteiger partial charge in [-0.05, 0) is 53.7 Å². The van der Waals surface area contributed by atoms with Crippen molar-refractivity contribution >= 4 is 11.9 Å². The van der Waals surface area contributed by atoms with E-state index in [0.717, 1.165) is 29.5 Å². The number of hydrogen-bond donors (Lipinski definition) is 0. The number of carbonyl (C=O) groups excluding carboxylic acids is 2. The van der Waals surface area contributed by atoms with E-state index in [2.05, 4.69) is 48.5 Å². The molecule has 5 heteroatoms. The predicted molar refractivity (Wildman–Crippen MR) is 193 cm³/mol. The smallest absolute Gasteiger partial charge is 0.323 e. The van der Waals surface area contributed by atoms with Crippen molar-refractivity contribution in [3.63, 3.8) is 0 Å². The molecule has 1 aliphatic rings. The van der Waals surface area contributed by atoms with Gasteiger partial charge in [-0.2, -0.15) is 0 Å². The molecule has 0 fully saturated rings. The van der Waals surface area contributed by atoms with Crippen LogP contribution in [0.3, 0.4) is 0 Å². The molecule has 3 rings (SSSR count). The number of unbranched alkanes of at least 4 members (excludes halogenated alkanes) is 10. The lowest BCUT2D eigenvalue weighted by molar-refractivity contribution is -0.144. The first kappa shape index (κ1) is 38.6. The third kappa shape index (κ3) is 13.0. The maximum Gasteiger partial charge on any atom is 0.323 e. The van der Waals surface area contributed by atoms with Crippen molar-refractivity contribution in [2.75, 3.05) is 13.2 Å². The van der Waals surface area contributed by atoms with Crippen molar-refractivity contribution < 1.29 is 23.8 Å². The van der Waals surface area contributed by atoms with Gasteiger partial charge >= 0.3 is 11.9 Å². The summed E-state index contributed by atoms with van der Waals surface area (Å²) in [7, 11) is 0. The van der Waals surface area contributed by atoms with Crippen molar-refractivity contribution in [3.8, 4) is 11.5 Å². The fourth-order valence-electron chi connectivity index (χ4n) is 6.79. The molecule has 2 unspecified atom stereocenters. The molecule has 0 aromatic heterocycles. The summed E-state index contributed by atoms with van der Waals surface area (Å²) in [5.74, 6) is 1.14. The van der Waals surface area contributed by atoms with Gasteiger partial charge in [-0.3, -0.25) is 9.59 Å². The summed E-state index contributed by atoms with van der Waals surface area (Å²) in [6.45, 7) is 16.2. The van der Waals surface area contributed by atoms with E-state index in [4.69, 9.17) is 14.2 Å². The second-order valence-corrected chi connectivity index (χ2v) is 15.7. The van der Waals surface area contributed by atoms with Crippen LogP contribution in [0.15, 0.2) is 42.5 Å². The van der Waals surface area contributed by atoms with E-state index in [1.54, 1.807) is 0 Å². The van der Waals surface area contributed by atoms with Gasteiger partial charge in [0.1, 0.15) is 30.6 Å². The molecule has 0 saturated heterocycles. The minimum absolute atomic E-state index is 0.123. The van der Waals surface area contributed by atoms with Crippen LogP contribution in [0.2, 0.25) is 0 Å². The Balaban J connectivity index is 1.31. The molecule has 0 bridgehead atoms. The van der Waals surface area contributed by atoms with Crippen LogP contribution in [0.4, 0.5) is 0 Å². The Hall–Kier alpha value is -2.82. The molecule has 2 aromatic carbocycles. The molecular weight excluding hydrogens is 584 g/mol. The standard InChI is InChI=1S/C42H64O5/c1-8-9-10-11-12-13-14-15-16-17-18-21-33(41(2,3)4)22-19-25-37(43)46-31-30-45-34-28-26-32(27-29-34)38-35-23-20-24-36(42(5,6)7)39(35)47-40(38)44/h20,23-24,26-29,33,38H,8-19,21-22,25,30-31H2,1-7H3. The molecule has 5 nitrogen and oxygen atoms in total. The average molecular weight is 649 g/mol. The molecule has 0 radical (unpaired) electrons. The number of rotatable bonds is 21. The minimum Gasteiger partial charge on any atom is -0.490 e. The van der Waals surface area contributed by atoms with Gasteiger partial charge in [0.05, 0.1) is 0 Å². The summed E-state index contributed by atoms with van der Waals surface area (Å²) in [4.78, 5) is 25.3. The van der Waals surface area contributed by atoms with Gasteiger partial charge in [0.2, 0.25) is 0 Å². The molecule has 2 atom stereocenters. The van der Waals surface area contributed by atoms with Gasteiger partial charge in [-0.25, -0.2) is 0 Å². The fourth-order valence-corrected chi connectivity index (χ4v) is 6.79. The Labute approximate surface area is 286 Å². The monoisotopic (exact) mass is 648 g/mol. The first-order chi connectivity index (χ1) is 22.4. The summed E-state index contributed by atoms with van der Waals surface area (Å²) >= 11 is 0. The Morgan fingerprint density at radius 1 is 0.766 bits per heavy atom. The van der Waals surface area contributed by atoms with Crippen LogP contribution in [-0.2, 0) is 19.7 Å². The van der Waals surface area contributed by atoms with Gasteiger partial charge in [0, 0.05) is 17.5 Å². The highest BCUT2D eigenvalue weighted by atomic mass is 16.6. The van der Waals surface area contributed by atoms with Crippen LogP contribution in [0.25, 0.3) is 0 Å². The van der Waals surface area contributed by atoms with E-state index in [1.165, 1.54) is 77.0 Å². The first-order valence-corrected chi connectivity index (χ1v) is 18.6. The molecule has 0 amide bonds. The summed E-state index contributed by atoms with van der Waals surface area (Å²) in [6, 6.07) is 13.5. The number of para-hydroxylation sites is 1. The van der Waals surface area contributed by atoms with Crippen molar-refractivity contribution in [1.82, 2.24) is 0 Å². The minimum atomic E-state index is -0.445.